The third-order valence-corrected chi connectivity index (χ3v) is 4.20. The number of fused-ring (bicyclic) bond motifs is 1. The number of amides is 1. The Hall–Kier alpha value is -3.02. The number of carbonyl (C=O) groups is 2. The average molecular weight is 415 g/mol. The summed E-state index contributed by atoms with van der Waals surface area (Å²) in [6.45, 7) is 4.40. The van der Waals surface area contributed by atoms with E-state index in [0.717, 1.165) is 5.69 Å². The number of rotatable bonds is 4. The van der Waals surface area contributed by atoms with Crippen LogP contribution in [-0.4, -0.2) is 67.8 Å². The van der Waals surface area contributed by atoms with Gasteiger partial charge in [-0.05, 0) is 13.0 Å². The fraction of sp³-hybridized carbons (Fsp3) is 0.471. The number of aliphatic carboxylic acids is 1. The van der Waals surface area contributed by atoms with Crippen LogP contribution in [0.15, 0.2) is 24.7 Å². The highest BCUT2D eigenvalue weighted by Crippen LogP contribution is 2.29. The molecule has 1 amide bonds. The molecule has 0 radical (unpaired) electrons. The first-order valence-corrected chi connectivity index (χ1v) is 8.59. The van der Waals surface area contributed by atoms with Crippen LogP contribution in [0.2, 0.25) is 0 Å². The first kappa shape index (κ1) is 22.3. The number of carbonyl (C=O) groups excluding carboxylic acids is 1. The number of aryl methyl sites for hydroxylation is 1. The van der Waals surface area contributed by atoms with Gasteiger partial charge in [0.25, 0.3) is 5.91 Å². The van der Waals surface area contributed by atoms with E-state index in [2.05, 4.69) is 15.3 Å². The van der Waals surface area contributed by atoms with Crippen LogP contribution in [0.1, 0.15) is 34.5 Å². The average Bonchev–Trinajstić information content (AvgIpc) is 3.07. The number of carboxylic acid groups (broad SMARTS) is 1. The van der Waals surface area contributed by atoms with Gasteiger partial charge in [0.1, 0.15) is 0 Å². The minimum Gasteiger partial charge on any atom is -0.475 e. The molecular formula is C17H20F3N5O4. The van der Waals surface area contributed by atoms with Crippen molar-refractivity contribution in [3.05, 3.63) is 41.5 Å². The molecule has 1 atom stereocenters. The van der Waals surface area contributed by atoms with Gasteiger partial charge < -0.3 is 14.7 Å². The molecule has 0 saturated carbocycles. The number of aromatic nitrogens is 4. The molecule has 2 aromatic rings. The standard InChI is InChI=1S/C15H19N5O2.C2HF3O2/c1-3-22-10-12-8-20(9-14-13(12)7-18-19(14)2)15(21)11-4-5-16-17-6-11;3-2(4,5)1(6)7/h4-7,12H,3,8-10H2,1-2H3;(H,6,7). The molecule has 1 aliphatic heterocycles. The summed E-state index contributed by atoms with van der Waals surface area (Å²) < 4.78 is 39.1. The zero-order chi connectivity index (χ0) is 21.6. The molecule has 29 heavy (non-hydrogen) atoms. The first-order valence-electron chi connectivity index (χ1n) is 8.59. The predicted octanol–water partition coefficient (Wildman–Crippen LogP) is 1.62. The number of halogens is 3. The Balaban J connectivity index is 0.000000370. The first-order chi connectivity index (χ1) is 13.6. The van der Waals surface area contributed by atoms with Crippen LogP contribution < -0.4 is 0 Å². The molecule has 2 aromatic heterocycles. The van der Waals surface area contributed by atoms with Crippen LogP contribution in [0.25, 0.3) is 0 Å². The van der Waals surface area contributed by atoms with E-state index in [9.17, 15) is 18.0 Å². The summed E-state index contributed by atoms with van der Waals surface area (Å²) in [6.07, 6.45) is -0.169. The van der Waals surface area contributed by atoms with E-state index in [1.54, 1.807) is 6.07 Å². The van der Waals surface area contributed by atoms with Crippen molar-refractivity contribution in [2.75, 3.05) is 19.8 Å². The summed E-state index contributed by atoms with van der Waals surface area (Å²) in [4.78, 5) is 23.4. The molecule has 1 aliphatic rings. The van der Waals surface area contributed by atoms with Crippen LogP contribution in [0.5, 0.6) is 0 Å². The van der Waals surface area contributed by atoms with Gasteiger partial charge in [-0.15, -0.1) is 0 Å². The number of ether oxygens (including phenoxy) is 1. The molecule has 0 spiro atoms. The smallest absolute Gasteiger partial charge is 0.475 e. The van der Waals surface area contributed by atoms with Gasteiger partial charge in [-0.3, -0.25) is 9.48 Å². The van der Waals surface area contributed by atoms with Crippen molar-refractivity contribution in [2.24, 2.45) is 7.05 Å². The van der Waals surface area contributed by atoms with Crippen LogP contribution in [-0.2, 0) is 23.1 Å². The van der Waals surface area contributed by atoms with Gasteiger partial charge in [0.05, 0.1) is 43.0 Å². The van der Waals surface area contributed by atoms with Crippen molar-refractivity contribution in [2.45, 2.75) is 25.6 Å². The Morgan fingerprint density at radius 3 is 2.55 bits per heavy atom. The lowest BCUT2D eigenvalue weighted by molar-refractivity contribution is -0.192. The molecule has 9 nitrogen and oxygen atoms in total. The maximum Gasteiger partial charge on any atom is 0.490 e. The molecule has 0 bridgehead atoms. The summed E-state index contributed by atoms with van der Waals surface area (Å²) in [7, 11) is 1.90. The molecule has 1 unspecified atom stereocenters. The molecule has 0 aromatic carbocycles. The van der Waals surface area contributed by atoms with E-state index in [1.807, 2.05) is 29.7 Å². The Bertz CT molecular complexity index is 841. The minimum absolute atomic E-state index is 0.0387. The number of hydrogen-bond acceptors (Lipinski definition) is 6. The van der Waals surface area contributed by atoms with Crippen molar-refractivity contribution in [3.8, 4) is 0 Å². The monoisotopic (exact) mass is 415 g/mol. The van der Waals surface area contributed by atoms with Gasteiger partial charge in [0.15, 0.2) is 0 Å². The largest absolute Gasteiger partial charge is 0.490 e. The SMILES string of the molecule is CCOCC1CN(C(=O)c2ccnnc2)Cc2c1cnn2C.O=C(O)C(F)(F)F. The number of hydrogen-bond donors (Lipinski definition) is 1. The Morgan fingerprint density at radius 1 is 1.31 bits per heavy atom. The summed E-state index contributed by atoms with van der Waals surface area (Å²) in [5.74, 6) is -2.65. The van der Waals surface area contributed by atoms with E-state index in [1.165, 1.54) is 18.0 Å². The van der Waals surface area contributed by atoms with E-state index >= 15 is 0 Å². The van der Waals surface area contributed by atoms with E-state index in [0.29, 0.717) is 31.9 Å². The second kappa shape index (κ2) is 9.45. The Labute approximate surface area is 164 Å². The van der Waals surface area contributed by atoms with Crippen LogP contribution >= 0.6 is 0 Å². The minimum atomic E-state index is -5.08. The molecule has 158 valence electrons. The molecule has 0 fully saturated rings. The number of carboxylic acids is 1. The fourth-order valence-electron chi connectivity index (χ4n) is 2.78. The lowest BCUT2D eigenvalue weighted by Gasteiger charge is -2.33. The molecule has 12 heteroatoms. The molecular weight excluding hydrogens is 395 g/mol. The highest BCUT2D eigenvalue weighted by molar-refractivity contribution is 5.93. The van der Waals surface area contributed by atoms with Gasteiger partial charge in [0.2, 0.25) is 0 Å². The lowest BCUT2D eigenvalue weighted by Crippen LogP contribution is -2.40. The quantitative estimate of drug-likeness (QED) is 0.808. The Kier molecular flexibility index (Phi) is 7.26. The second-order valence-corrected chi connectivity index (χ2v) is 6.15. The highest BCUT2D eigenvalue weighted by Gasteiger charge is 2.38. The molecule has 3 rings (SSSR count). The molecule has 3 heterocycles. The summed E-state index contributed by atoms with van der Waals surface area (Å²) in [5, 5.41) is 18.9. The number of alkyl halides is 3. The third-order valence-electron chi connectivity index (χ3n) is 4.20. The van der Waals surface area contributed by atoms with Crippen molar-refractivity contribution in [3.63, 3.8) is 0 Å². The zero-order valence-electron chi connectivity index (χ0n) is 15.8. The molecule has 0 aliphatic carbocycles. The van der Waals surface area contributed by atoms with Crippen LogP contribution in [0.3, 0.4) is 0 Å². The maximum atomic E-state index is 12.6. The fourth-order valence-corrected chi connectivity index (χ4v) is 2.78. The van der Waals surface area contributed by atoms with Crippen molar-refractivity contribution in [1.82, 2.24) is 24.9 Å². The second-order valence-electron chi connectivity index (χ2n) is 6.15. The third kappa shape index (κ3) is 5.73. The van der Waals surface area contributed by atoms with Crippen molar-refractivity contribution < 1.29 is 32.6 Å². The van der Waals surface area contributed by atoms with E-state index in [-0.39, 0.29) is 11.8 Å². The predicted molar refractivity (Wildman–Crippen MR) is 92.9 cm³/mol. The van der Waals surface area contributed by atoms with Gasteiger partial charge >= 0.3 is 12.1 Å². The lowest BCUT2D eigenvalue weighted by atomic mass is 9.95. The van der Waals surface area contributed by atoms with Crippen molar-refractivity contribution in [1.29, 1.82) is 0 Å². The van der Waals surface area contributed by atoms with Gasteiger partial charge in [-0.25, -0.2) is 4.79 Å². The molecule has 0 saturated heterocycles. The highest BCUT2D eigenvalue weighted by atomic mass is 19.4. The Morgan fingerprint density at radius 2 is 2.00 bits per heavy atom. The summed E-state index contributed by atoms with van der Waals surface area (Å²) >= 11 is 0. The zero-order valence-corrected chi connectivity index (χ0v) is 15.8. The van der Waals surface area contributed by atoms with Gasteiger partial charge in [0, 0.05) is 31.7 Å². The van der Waals surface area contributed by atoms with Gasteiger partial charge in [-0.1, -0.05) is 0 Å². The topological polar surface area (TPSA) is 110 Å². The van der Waals surface area contributed by atoms with E-state index in [4.69, 9.17) is 14.6 Å². The van der Waals surface area contributed by atoms with Crippen LogP contribution in [0.4, 0.5) is 13.2 Å². The van der Waals surface area contributed by atoms with Crippen LogP contribution in [0, 0.1) is 0 Å². The maximum absolute atomic E-state index is 12.6. The number of nitrogens with zero attached hydrogens (tertiary/aromatic N) is 5. The summed E-state index contributed by atoms with van der Waals surface area (Å²) in [5.41, 5.74) is 2.79. The normalized spacial score (nSPS) is 15.9. The van der Waals surface area contributed by atoms with E-state index < -0.39 is 12.1 Å². The summed E-state index contributed by atoms with van der Waals surface area (Å²) in [6, 6.07) is 1.69. The van der Waals surface area contributed by atoms with Gasteiger partial charge in [-0.2, -0.15) is 28.5 Å². The van der Waals surface area contributed by atoms with Crippen molar-refractivity contribution >= 4 is 11.9 Å². The molecule has 1 N–H and O–H groups in total.